The van der Waals surface area contributed by atoms with Crippen LogP contribution in [0.1, 0.15) is 63.4 Å². The molecule has 0 saturated carbocycles. The summed E-state index contributed by atoms with van der Waals surface area (Å²) >= 11 is 0. The first-order chi connectivity index (χ1) is 16.0. The third kappa shape index (κ3) is 6.63. The zero-order valence-electron chi connectivity index (χ0n) is 19.7. The summed E-state index contributed by atoms with van der Waals surface area (Å²) < 4.78 is 16.5. The summed E-state index contributed by atoms with van der Waals surface area (Å²) in [7, 11) is 3.07. The number of amides is 2. The molecule has 2 amide bonds. The maximum atomic E-state index is 13.0. The fourth-order valence-corrected chi connectivity index (χ4v) is 3.96. The van der Waals surface area contributed by atoms with E-state index in [1.165, 1.54) is 46.3 Å². The number of fused-ring (bicyclic) bond motifs is 1. The van der Waals surface area contributed by atoms with Crippen LogP contribution in [-0.2, 0) is 9.59 Å². The number of hydrogen-bond acceptors (Lipinski definition) is 5. The molecular weight excluding hydrogens is 420 g/mol. The van der Waals surface area contributed by atoms with Gasteiger partial charge in [-0.15, -0.1) is 0 Å². The Hall–Kier alpha value is -3.22. The highest BCUT2D eigenvalue weighted by molar-refractivity contribution is 6.05. The van der Waals surface area contributed by atoms with Gasteiger partial charge < -0.3 is 24.8 Å². The minimum absolute atomic E-state index is 0.0633. The molecule has 2 aromatic carbocycles. The first-order valence-corrected chi connectivity index (χ1v) is 11.6. The van der Waals surface area contributed by atoms with Crippen molar-refractivity contribution < 1.29 is 23.8 Å². The van der Waals surface area contributed by atoms with Crippen molar-refractivity contribution in [2.24, 2.45) is 0 Å². The van der Waals surface area contributed by atoms with Gasteiger partial charge in [0.15, 0.2) is 11.5 Å². The molecule has 0 aromatic heterocycles. The molecule has 0 aliphatic carbocycles. The summed E-state index contributed by atoms with van der Waals surface area (Å²) in [5.74, 6) is 0.691. The van der Waals surface area contributed by atoms with Crippen molar-refractivity contribution in [2.45, 2.75) is 57.8 Å². The van der Waals surface area contributed by atoms with E-state index in [-0.39, 0.29) is 18.2 Å². The van der Waals surface area contributed by atoms with Gasteiger partial charge in [-0.25, -0.2) is 0 Å². The molecule has 3 rings (SSSR count). The number of carbonyl (C=O) groups is 2. The molecule has 1 unspecified atom stereocenters. The fraction of sp³-hybridized carbons (Fsp3) is 0.462. The van der Waals surface area contributed by atoms with Crippen LogP contribution in [-0.4, -0.2) is 32.6 Å². The van der Waals surface area contributed by atoms with Crippen LogP contribution in [0.15, 0.2) is 36.4 Å². The van der Waals surface area contributed by atoms with E-state index in [1.54, 1.807) is 12.1 Å². The second-order valence-electron chi connectivity index (χ2n) is 8.23. The summed E-state index contributed by atoms with van der Waals surface area (Å²) in [5.41, 5.74) is 1.91. The monoisotopic (exact) mass is 454 g/mol. The normalized spacial score (nSPS) is 14.8. The van der Waals surface area contributed by atoms with Crippen molar-refractivity contribution in [1.82, 2.24) is 0 Å². The van der Waals surface area contributed by atoms with Gasteiger partial charge in [-0.05, 0) is 42.3 Å². The number of anilines is 2. The molecule has 0 spiro atoms. The summed E-state index contributed by atoms with van der Waals surface area (Å²) in [6, 6.07) is 10.8. The van der Waals surface area contributed by atoms with Crippen molar-refractivity contribution in [3.05, 3.63) is 42.0 Å². The van der Waals surface area contributed by atoms with Gasteiger partial charge in [0.2, 0.25) is 11.8 Å². The third-order valence-corrected chi connectivity index (χ3v) is 5.80. The van der Waals surface area contributed by atoms with Crippen LogP contribution in [0.5, 0.6) is 17.2 Å². The number of unbranched alkanes of at least 4 members (excludes halogenated alkanes) is 5. The first kappa shape index (κ1) is 24.4. The number of ether oxygens (including phenoxy) is 3. The van der Waals surface area contributed by atoms with E-state index in [2.05, 4.69) is 17.6 Å². The Morgan fingerprint density at radius 3 is 2.36 bits per heavy atom. The van der Waals surface area contributed by atoms with E-state index in [1.807, 2.05) is 24.3 Å². The number of methoxy groups -OCH3 is 2. The first-order valence-electron chi connectivity index (χ1n) is 11.6. The maximum Gasteiger partial charge on any atom is 0.232 e. The number of hydrogen-bond donors (Lipinski definition) is 2. The Kier molecular flexibility index (Phi) is 8.98. The third-order valence-electron chi connectivity index (χ3n) is 5.80. The highest BCUT2D eigenvalue weighted by Gasteiger charge is 2.32. The molecular formula is C26H34N2O5. The highest BCUT2D eigenvalue weighted by atomic mass is 16.5. The van der Waals surface area contributed by atoms with Crippen molar-refractivity contribution in [2.75, 3.05) is 31.5 Å². The lowest BCUT2D eigenvalue weighted by molar-refractivity contribution is -0.123. The van der Waals surface area contributed by atoms with Crippen LogP contribution in [0.25, 0.3) is 0 Å². The largest absolute Gasteiger partial charge is 0.494 e. The van der Waals surface area contributed by atoms with Crippen molar-refractivity contribution in [3.8, 4) is 17.2 Å². The van der Waals surface area contributed by atoms with Crippen molar-refractivity contribution >= 4 is 23.2 Å². The molecule has 1 aliphatic heterocycles. The van der Waals surface area contributed by atoms with E-state index in [0.717, 1.165) is 12.2 Å². The SMILES string of the molecule is CCCCCCCCOc1ccc(NC(=O)C2CC(=O)Nc3cc(OC)c(OC)cc32)cc1. The second kappa shape index (κ2) is 12.1. The average Bonchev–Trinajstić information content (AvgIpc) is 2.83. The molecule has 1 atom stereocenters. The quantitative estimate of drug-likeness (QED) is 0.413. The minimum atomic E-state index is -0.628. The Bertz CT molecular complexity index is 942. The standard InChI is InChI=1S/C26H34N2O5/c1-4-5-6-7-8-9-14-33-19-12-10-18(11-13-19)27-26(30)21-16-25(29)28-22-17-24(32-3)23(31-2)15-20(21)22/h10-13,15,17,21H,4-9,14,16H2,1-3H3,(H,27,30)(H,28,29). The van der Waals surface area contributed by atoms with Gasteiger partial charge in [-0.3, -0.25) is 9.59 Å². The molecule has 0 fully saturated rings. The van der Waals surface area contributed by atoms with Crippen LogP contribution in [0.2, 0.25) is 0 Å². The second-order valence-corrected chi connectivity index (χ2v) is 8.23. The Morgan fingerprint density at radius 1 is 1.00 bits per heavy atom. The van der Waals surface area contributed by atoms with Crippen LogP contribution in [0, 0.1) is 0 Å². The van der Waals surface area contributed by atoms with Crippen LogP contribution >= 0.6 is 0 Å². The summed E-state index contributed by atoms with van der Waals surface area (Å²) in [6.07, 6.45) is 7.38. The zero-order valence-corrected chi connectivity index (χ0v) is 19.7. The molecule has 7 heteroatoms. The molecule has 1 aliphatic rings. The lowest BCUT2D eigenvalue weighted by atomic mass is 9.89. The molecule has 0 saturated heterocycles. The predicted octanol–water partition coefficient (Wildman–Crippen LogP) is 5.51. The van der Waals surface area contributed by atoms with E-state index in [4.69, 9.17) is 14.2 Å². The van der Waals surface area contributed by atoms with Crippen LogP contribution in [0.3, 0.4) is 0 Å². The van der Waals surface area contributed by atoms with Gasteiger partial charge in [-0.2, -0.15) is 0 Å². The highest BCUT2D eigenvalue weighted by Crippen LogP contribution is 2.40. The number of benzene rings is 2. The minimum Gasteiger partial charge on any atom is -0.494 e. The Morgan fingerprint density at radius 2 is 1.67 bits per heavy atom. The number of rotatable bonds is 12. The van der Waals surface area contributed by atoms with Gasteiger partial charge in [0.25, 0.3) is 0 Å². The van der Waals surface area contributed by atoms with E-state index in [0.29, 0.717) is 35.0 Å². The lowest BCUT2D eigenvalue weighted by Crippen LogP contribution is -2.30. The van der Waals surface area contributed by atoms with Crippen LogP contribution < -0.4 is 24.8 Å². The summed E-state index contributed by atoms with van der Waals surface area (Å²) in [6.45, 7) is 2.91. The van der Waals surface area contributed by atoms with Gasteiger partial charge in [0.1, 0.15) is 5.75 Å². The Balaban J connectivity index is 1.58. The fourth-order valence-electron chi connectivity index (χ4n) is 3.96. The Labute approximate surface area is 195 Å². The van der Waals surface area contributed by atoms with Crippen molar-refractivity contribution in [3.63, 3.8) is 0 Å². The van der Waals surface area contributed by atoms with Gasteiger partial charge in [0, 0.05) is 23.9 Å². The zero-order chi connectivity index (χ0) is 23.6. The smallest absolute Gasteiger partial charge is 0.232 e. The molecule has 7 nitrogen and oxygen atoms in total. The number of carbonyl (C=O) groups excluding carboxylic acids is 2. The molecule has 0 bridgehead atoms. The molecule has 178 valence electrons. The lowest BCUT2D eigenvalue weighted by Gasteiger charge is -2.26. The van der Waals surface area contributed by atoms with E-state index < -0.39 is 5.92 Å². The molecule has 1 heterocycles. The maximum absolute atomic E-state index is 13.0. The van der Waals surface area contributed by atoms with Crippen molar-refractivity contribution in [1.29, 1.82) is 0 Å². The van der Waals surface area contributed by atoms with Gasteiger partial charge >= 0.3 is 0 Å². The van der Waals surface area contributed by atoms with Gasteiger partial charge in [-0.1, -0.05) is 39.0 Å². The molecule has 0 radical (unpaired) electrons. The molecule has 2 aromatic rings. The summed E-state index contributed by atoms with van der Waals surface area (Å²) in [4.78, 5) is 25.3. The average molecular weight is 455 g/mol. The topological polar surface area (TPSA) is 85.9 Å². The van der Waals surface area contributed by atoms with Crippen LogP contribution in [0.4, 0.5) is 11.4 Å². The molecule has 33 heavy (non-hydrogen) atoms. The van der Waals surface area contributed by atoms with E-state index in [9.17, 15) is 9.59 Å². The van der Waals surface area contributed by atoms with Gasteiger partial charge in [0.05, 0.1) is 26.7 Å². The molecule has 2 N–H and O–H groups in total. The van der Waals surface area contributed by atoms with E-state index >= 15 is 0 Å². The predicted molar refractivity (Wildman–Crippen MR) is 129 cm³/mol. The summed E-state index contributed by atoms with van der Waals surface area (Å²) in [5, 5.41) is 5.73. The number of nitrogens with one attached hydrogen (secondary N) is 2.